The van der Waals surface area contributed by atoms with E-state index >= 15 is 0 Å². The molecule has 0 unspecified atom stereocenters. The lowest BCUT2D eigenvalue weighted by Gasteiger charge is -2.22. The van der Waals surface area contributed by atoms with Crippen molar-refractivity contribution in [3.8, 4) is 0 Å². The van der Waals surface area contributed by atoms with Gasteiger partial charge in [-0.05, 0) is 42.5 Å². The quantitative estimate of drug-likeness (QED) is 0.887. The molecule has 0 spiro atoms. The fourth-order valence-corrected chi connectivity index (χ4v) is 3.01. The molecule has 1 aromatic heterocycles. The molecule has 0 fully saturated rings. The van der Waals surface area contributed by atoms with Gasteiger partial charge in [0.05, 0.1) is 11.7 Å². The average Bonchev–Trinajstić information content (AvgIpc) is 2.88. The Morgan fingerprint density at radius 1 is 1.41 bits per heavy atom. The van der Waals surface area contributed by atoms with Gasteiger partial charge in [-0.1, -0.05) is 23.7 Å². The van der Waals surface area contributed by atoms with Gasteiger partial charge in [0, 0.05) is 17.8 Å². The summed E-state index contributed by atoms with van der Waals surface area (Å²) in [7, 11) is 0. The van der Waals surface area contributed by atoms with Crippen molar-refractivity contribution in [2.45, 2.75) is 38.4 Å². The first-order valence-corrected chi connectivity index (χ1v) is 7.82. The highest BCUT2D eigenvalue weighted by atomic mass is 35.5. The van der Waals surface area contributed by atoms with Crippen molar-refractivity contribution in [3.63, 3.8) is 0 Å². The van der Waals surface area contributed by atoms with Crippen LogP contribution in [-0.4, -0.2) is 15.7 Å². The van der Waals surface area contributed by atoms with Gasteiger partial charge in [-0.15, -0.1) is 0 Å². The largest absolute Gasteiger partial charge is 0.368 e. The first-order valence-electron chi connectivity index (χ1n) is 7.44. The number of aryl methyl sites for hydroxylation is 1. The predicted molar refractivity (Wildman–Crippen MR) is 85.4 cm³/mol. The molecule has 116 valence electrons. The minimum atomic E-state index is -0.370. The van der Waals surface area contributed by atoms with Gasteiger partial charge in [0.1, 0.15) is 6.54 Å². The Hall–Kier alpha value is -1.85. The molecule has 3 rings (SSSR count). The molecule has 3 N–H and O–H groups in total. The van der Waals surface area contributed by atoms with Crippen LogP contribution in [0.15, 0.2) is 30.5 Å². The highest BCUT2D eigenvalue weighted by Crippen LogP contribution is 2.28. The molecule has 1 aliphatic rings. The number of nitrogens with zero attached hydrogens (tertiary/aromatic N) is 2. The van der Waals surface area contributed by atoms with E-state index in [-0.39, 0.29) is 18.5 Å². The molecule has 1 aliphatic carbocycles. The van der Waals surface area contributed by atoms with Gasteiger partial charge in [0.15, 0.2) is 0 Å². The number of rotatable bonds is 5. The van der Waals surface area contributed by atoms with Crippen LogP contribution in [0.25, 0.3) is 0 Å². The lowest BCUT2D eigenvalue weighted by molar-refractivity contribution is -0.118. The molecule has 1 heterocycles. The van der Waals surface area contributed by atoms with Crippen LogP contribution in [-0.2, 0) is 24.3 Å². The molecular weight excluding hydrogens is 300 g/mol. The SMILES string of the molecule is NC(=O)Cn1cc2c(n1)[C@@H](NCc1ccc(Cl)cc1)CCC2. The van der Waals surface area contributed by atoms with E-state index in [1.165, 1.54) is 11.1 Å². The summed E-state index contributed by atoms with van der Waals surface area (Å²) in [5, 5.41) is 8.82. The third kappa shape index (κ3) is 3.48. The van der Waals surface area contributed by atoms with E-state index in [9.17, 15) is 4.79 Å². The van der Waals surface area contributed by atoms with E-state index in [0.717, 1.165) is 36.5 Å². The number of hydrogen-bond acceptors (Lipinski definition) is 3. The average molecular weight is 319 g/mol. The van der Waals surface area contributed by atoms with Gasteiger partial charge in [0.25, 0.3) is 0 Å². The maximum atomic E-state index is 11.0. The monoisotopic (exact) mass is 318 g/mol. The topological polar surface area (TPSA) is 72.9 Å². The molecule has 1 aromatic carbocycles. The predicted octanol–water partition coefficient (Wildman–Crippen LogP) is 2.19. The summed E-state index contributed by atoms with van der Waals surface area (Å²) >= 11 is 5.90. The second-order valence-corrected chi connectivity index (χ2v) is 6.09. The van der Waals surface area contributed by atoms with Crippen LogP contribution in [0.4, 0.5) is 0 Å². The fraction of sp³-hybridized carbons (Fsp3) is 0.375. The van der Waals surface area contributed by atoms with Crippen LogP contribution < -0.4 is 11.1 Å². The second kappa shape index (κ2) is 6.50. The third-order valence-electron chi connectivity index (χ3n) is 3.92. The number of amides is 1. The summed E-state index contributed by atoms with van der Waals surface area (Å²) in [6, 6.07) is 8.04. The Balaban J connectivity index is 1.69. The van der Waals surface area contributed by atoms with Crippen molar-refractivity contribution in [3.05, 3.63) is 52.3 Å². The third-order valence-corrected chi connectivity index (χ3v) is 4.17. The lowest BCUT2D eigenvalue weighted by Crippen LogP contribution is -2.25. The summed E-state index contributed by atoms with van der Waals surface area (Å²) < 4.78 is 1.65. The Bertz CT molecular complexity index is 665. The zero-order valence-electron chi connectivity index (χ0n) is 12.3. The number of nitrogens with two attached hydrogens (primary N) is 1. The van der Waals surface area contributed by atoms with Crippen LogP contribution >= 0.6 is 11.6 Å². The van der Waals surface area contributed by atoms with Crippen molar-refractivity contribution in [2.75, 3.05) is 0 Å². The minimum absolute atomic E-state index is 0.136. The molecular formula is C16H19ClN4O. The van der Waals surface area contributed by atoms with Crippen molar-refractivity contribution in [1.29, 1.82) is 0 Å². The van der Waals surface area contributed by atoms with Crippen LogP contribution in [0.2, 0.25) is 5.02 Å². The summed E-state index contributed by atoms with van der Waals surface area (Å²) in [6.45, 7) is 0.904. The molecule has 6 heteroatoms. The molecule has 2 aromatic rings. The van der Waals surface area contributed by atoms with Crippen LogP contribution in [0.1, 0.15) is 35.7 Å². The summed E-state index contributed by atoms with van der Waals surface area (Å²) in [6.07, 6.45) is 5.12. The van der Waals surface area contributed by atoms with E-state index in [4.69, 9.17) is 17.3 Å². The van der Waals surface area contributed by atoms with E-state index in [1.807, 2.05) is 30.5 Å². The smallest absolute Gasteiger partial charge is 0.239 e. The maximum absolute atomic E-state index is 11.0. The van der Waals surface area contributed by atoms with Gasteiger partial charge < -0.3 is 11.1 Å². The van der Waals surface area contributed by atoms with Gasteiger partial charge in [0.2, 0.25) is 5.91 Å². The second-order valence-electron chi connectivity index (χ2n) is 5.66. The standard InChI is InChI=1S/C16H19ClN4O/c17-13-6-4-11(5-7-13)8-19-14-3-1-2-12-9-21(10-15(18)22)20-16(12)14/h4-7,9,14,19H,1-3,8,10H2,(H2,18,22)/t14-/m0/s1. The van der Waals surface area contributed by atoms with Gasteiger partial charge in [-0.25, -0.2) is 0 Å². The maximum Gasteiger partial charge on any atom is 0.239 e. The van der Waals surface area contributed by atoms with Crippen molar-refractivity contribution in [1.82, 2.24) is 15.1 Å². The van der Waals surface area contributed by atoms with Crippen LogP contribution in [0.5, 0.6) is 0 Å². The van der Waals surface area contributed by atoms with Crippen LogP contribution in [0.3, 0.4) is 0 Å². The first kappa shape index (κ1) is 15.1. The molecule has 0 radical (unpaired) electrons. The molecule has 0 saturated carbocycles. The van der Waals surface area contributed by atoms with Gasteiger partial charge in [-0.3, -0.25) is 9.48 Å². The summed E-state index contributed by atoms with van der Waals surface area (Å²) in [5.41, 5.74) is 8.68. The number of halogens is 1. The number of primary amides is 1. The van der Waals surface area contributed by atoms with Crippen molar-refractivity contribution >= 4 is 17.5 Å². The van der Waals surface area contributed by atoms with E-state index < -0.39 is 0 Å². The molecule has 1 atom stereocenters. The number of carbonyl (C=O) groups is 1. The van der Waals surface area contributed by atoms with E-state index in [0.29, 0.717) is 0 Å². The number of carbonyl (C=O) groups excluding carboxylic acids is 1. The first-order chi connectivity index (χ1) is 10.6. The Labute approximate surface area is 134 Å². The Morgan fingerprint density at radius 3 is 2.91 bits per heavy atom. The number of nitrogens with one attached hydrogen (secondary N) is 1. The Morgan fingerprint density at radius 2 is 2.18 bits per heavy atom. The molecule has 0 saturated heterocycles. The lowest BCUT2D eigenvalue weighted by atomic mass is 9.93. The fourth-order valence-electron chi connectivity index (χ4n) is 2.88. The van der Waals surface area contributed by atoms with Gasteiger partial charge in [-0.2, -0.15) is 5.10 Å². The molecule has 0 bridgehead atoms. The number of fused-ring (bicyclic) bond motifs is 1. The molecule has 22 heavy (non-hydrogen) atoms. The molecule has 0 aliphatic heterocycles. The highest BCUT2D eigenvalue weighted by molar-refractivity contribution is 6.30. The summed E-state index contributed by atoms with van der Waals surface area (Å²) in [5.74, 6) is -0.370. The molecule has 1 amide bonds. The molecule has 5 nitrogen and oxygen atoms in total. The number of benzene rings is 1. The van der Waals surface area contributed by atoms with E-state index in [1.54, 1.807) is 4.68 Å². The zero-order valence-corrected chi connectivity index (χ0v) is 13.0. The summed E-state index contributed by atoms with van der Waals surface area (Å²) in [4.78, 5) is 11.0. The highest BCUT2D eigenvalue weighted by Gasteiger charge is 2.23. The number of hydrogen-bond donors (Lipinski definition) is 2. The number of aromatic nitrogens is 2. The minimum Gasteiger partial charge on any atom is -0.368 e. The van der Waals surface area contributed by atoms with Crippen molar-refractivity contribution in [2.24, 2.45) is 5.73 Å². The Kier molecular flexibility index (Phi) is 4.45. The van der Waals surface area contributed by atoms with Crippen molar-refractivity contribution < 1.29 is 4.79 Å². The van der Waals surface area contributed by atoms with Crippen LogP contribution in [0, 0.1) is 0 Å². The zero-order chi connectivity index (χ0) is 15.5. The van der Waals surface area contributed by atoms with E-state index in [2.05, 4.69) is 10.4 Å². The van der Waals surface area contributed by atoms with Gasteiger partial charge >= 0.3 is 0 Å². The normalized spacial score (nSPS) is 17.2.